The number of nitrogens with two attached hydrogens (primary N) is 2. The van der Waals surface area contributed by atoms with Crippen LogP contribution < -0.4 is 16.2 Å². The van der Waals surface area contributed by atoms with Crippen molar-refractivity contribution in [1.29, 1.82) is 0 Å². The Morgan fingerprint density at radius 3 is 2.14 bits per heavy atom. The summed E-state index contributed by atoms with van der Waals surface area (Å²) in [6.45, 7) is 0. The van der Waals surface area contributed by atoms with Crippen molar-refractivity contribution < 1.29 is 4.74 Å². The van der Waals surface area contributed by atoms with Crippen molar-refractivity contribution in [3.05, 3.63) is 83.9 Å². The summed E-state index contributed by atoms with van der Waals surface area (Å²) in [5, 5.41) is 0. The van der Waals surface area contributed by atoms with E-state index in [1.165, 1.54) is 5.56 Å². The maximum absolute atomic E-state index is 6.08. The smallest absolute Gasteiger partial charge is 0.127 e. The molecular formula is C19H18N2O. The molecule has 3 rings (SSSR count). The Kier molecular flexibility index (Phi) is 3.97. The van der Waals surface area contributed by atoms with E-state index in [4.69, 9.17) is 16.2 Å². The summed E-state index contributed by atoms with van der Waals surface area (Å²) >= 11 is 0. The van der Waals surface area contributed by atoms with Gasteiger partial charge in [0.2, 0.25) is 0 Å². The summed E-state index contributed by atoms with van der Waals surface area (Å²) in [6, 6.07) is 23.3. The molecular weight excluding hydrogens is 272 g/mol. The maximum atomic E-state index is 6.08. The van der Waals surface area contributed by atoms with Gasteiger partial charge in [0.15, 0.2) is 0 Å². The molecule has 0 radical (unpaired) electrons. The Bertz CT molecular complexity index is 752. The van der Waals surface area contributed by atoms with Crippen LogP contribution in [0.2, 0.25) is 0 Å². The van der Waals surface area contributed by atoms with Gasteiger partial charge in [-0.1, -0.05) is 30.3 Å². The number of ether oxygens (including phenoxy) is 1. The van der Waals surface area contributed by atoms with Gasteiger partial charge in [-0.05, 0) is 60.0 Å². The molecule has 0 bridgehead atoms. The molecule has 3 nitrogen and oxygen atoms in total. The summed E-state index contributed by atoms with van der Waals surface area (Å²) in [6.07, 6.45) is 0.783. The Labute approximate surface area is 130 Å². The van der Waals surface area contributed by atoms with Crippen LogP contribution >= 0.6 is 0 Å². The minimum atomic E-state index is 0.717. The normalized spacial score (nSPS) is 10.4. The predicted molar refractivity (Wildman–Crippen MR) is 91.0 cm³/mol. The number of hydrogen-bond donors (Lipinski definition) is 2. The summed E-state index contributed by atoms with van der Waals surface area (Å²) in [7, 11) is 0. The first kappa shape index (κ1) is 14.0. The summed E-state index contributed by atoms with van der Waals surface area (Å²) in [5.74, 6) is 1.52. The van der Waals surface area contributed by atoms with E-state index in [1.807, 2.05) is 60.7 Å². The average molecular weight is 290 g/mol. The van der Waals surface area contributed by atoms with E-state index >= 15 is 0 Å². The number of rotatable bonds is 4. The third kappa shape index (κ3) is 3.38. The second-order valence-corrected chi connectivity index (χ2v) is 5.19. The Balaban J connectivity index is 1.81. The fourth-order valence-corrected chi connectivity index (χ4v) is 2.29. The van der Waals surface area contributed by atoms with E-state index in [1.54, 1.807) is 0 Å². The van der Waals surface area contributed by atoms with E-state index in [-0.39, 0.29) is 0 Å². The summed E-state index contributed by atoms with van der Waals surface area (Å²) in [5.41, 5.74) is 15.5. The molecule has 0 aliphatic heterocycles. The highest BCUT2D eigenvalue weighted by Crippen LogP contribution is 2.27. The molecule has 0 fully saturated rings. The first-order chi connectivity index (χ1) is 10.7. The molecule has 4 N–H and O–H groups in total. The lowest BCUT2D eigenvalue weighted by Gasteiger charge is -2.10. The fourth-order valence-electron chi connectivity index (χ4n) is 2.29. The summed E-state index contributed by atoms with van der Waals surface area (Å²) < 4.78 is 5.86. The lowest BCUT2D eigenvalue weighted by molar-refractivity contribution is 0.482. The number of benzene rings is 3. The third-order valence-electron chi connectivity index (χ3n) is 3.47. The van der Waals surface area contributed by atoms with Gasteiger partial charge < -0.3 is 16.2 Å². The Morgan fingerprint density at radius 2 is 1.41 bits per heavy atom. The van der Waals surface area contributed by atoms with Gasteiger partial charge in [0.1, 0.15) is 11.5 Å². The second kappa shape index (κ2) is 6.22. The Hall–Kier alpha value is -2.94. The van der Waals surface area contributed by atoms with Gasteiger partial charge in [0, 0.05) is 11.4 Å². The van der Waals surface area contributed by atoms with Crippen LogP contribution in [0.5, 0.6) is 11.5 Å². The molecule has 0 saturated carbocycles. The van der Waals surface area contributed by atoms with E-state index < -0.39 is 0 Å². The minimum Gasteiger partial charge on any atom is -0.457 e. The van der Waals surface area contributed by atoms with Gasteiger partial charge in [-0.2, -0.15) is 0 Å². The fraction of sp³-hybridized carbons (Fsp3) is 0.0526. The molecule has 0 spiro atoms. The monoisotopic (exact) mass is 290 g/mol. The highest BCUT2D eigenvalue weighted by molar-refractivity contribution is 5.53. The van der Waals surface area contributed by atoms with Crippen molar-refractivity contribution in [3.63, 3.8) is 0 Å². The standard InChI is InChI=1S/C19H18N2O/c20-16-6-8-17(9-7-16)22-18-10-11-19(21)15(13-18)12-14-4-2-1-3-5-14/h1-11,13H,12,20-21H2. The lowest BCUT2D eigenvalue weighted by atomic mass is 10.0. The van der Waals surface area contributed by atoms with Crippen molar-refractivity contribution in [2.45, 2.75) is 6.42 Å². The van der Waals surface area contributed by atoms with Crippen LogP contribution in [0, 0.1) is 0 Å². The van der Waals surface area contributed by atoms with E-state index in [2.05, 4.69) is 12.1 Å². The van der Waals surface area contributed by atoms with Gasteiger partial charge in [0.05, 0.1) is 0 Å². The molecule has 3 aromatic carbocycles. The molecule has 0 aliphatic rings. The zero-order valence-corrected chi connectivity index (χ0v) is 12.2. The van der Waals surface area contributed by atoms with E-state index in [0.717, 1.165) is 34.9 Å². The van der Waals surface area contributed by atoms with Crippen molar-refractivity contribution in [3.8, 4) is 11.5 Å². The van der Waals surface area contributed by atoms with Gasteiger partial charge in [-0.25, -0.2) is 0 Å². The van der Waals surface area contributed by atoms with Crippen molar-refractivity contribution in [2.75, 3.05) is 11.5 Å². The van der Waals surface area contributed by atoms with Crippen LogP contribution in [-0.4, -0.2) is 0 Å². The Morgan fingerprint density at radius 1 is 0.727 bits per heavy atom. The predicted octanol–water partition coefficient (Wildman–Crippen LogP) is 4.23. The van der Waals surface area contributed by atoms with Gasteiger partial charge in [-0.15, -0.1) is 0 Å². The van der Waals surface area contributed by atoms with Crippen molar-refractivity contribution >= 4 is 11.4 Å². The number of nitrogen functional groups attached to an aromatic ring is 2. The third-order valence-corrected chi connectivity index (χ3v) is 3.47. The largest absolute Gasteiger partial charge is 0.457 e. The molecule has 0 amide bonds. The van der Waals surface area contributed by atoms with Crippen LogP contribution in [0.15, 0.2) is 72.8 Å². The zero-order valence-electron chi connectivity index (χ0n) is 12.2. The molecule has 3 heteroatoms. The molecule has 0 atom stereocenters. The van der Waals surface area contributed by atoms with Gasteiger partial charge >= 0.3 is 0 Å². The SMILES string of the molecule is Nc1ccc(Oc2ccc(N)c(Cc3ccccc3)c2)cc1. The van der Waals surface area contributed by atoms with Crippen molar-refractivity contribution in [1.82, 2.24) is 0 Å². The molecule has 0 saturated heterocycles. The quantitative estimate of drug-likeness (QED) is 0.707. The van der Waals surface area contributed by atoms with Crippen LogP contribution in [0.3, 0.4) is 0 Å². The van der Waals surface area contributed by atoms with Gasteiger partial charge in [0.25, 0.3) is 0 Å². The molecule has 22 heavy (non-hydrogen) atoms. The van der Waals surface area contributed by atoms with E-state index in [9.17, 15) is 0 Å². The van der Waals surface area contributed by atoms with Crippen LogP contribution in [0.1, 0.15) is 11.1 Å². The van der Waals surface area contributed by atoms with Gasteiger partial charge in [-0.3, -0.25) is 0 Å². The van der Waals surface area contributed by atoms with Crippen LogP contribution in [-0.2, 0) is 6.42 Å². The van der Waals surface area contributed by atoms with Crippen LogP contribution in [0.4, 0.5) is 11.4 Å². The minimum absolute atomic E-state index is 0.717. The number of anilines is 2. The highest BCUT2D eigenvalue weighted by Gasteiger charge is 2.05. The molecule has 0 aromatic heterocycles. The van der Waals surface area contributed by atoms with Crippen molar-refractivity contribution in [2.24, 2.45) is 0 Å². The molecule has 0 heterocycles. The molecule has 0 unspecified atom stereocenters. The molecule has 110 valence electrons. The first-order valence-corrected chi connectivity index (χ1v) is 7.16. The lowest BCUT2D eigenvalue weighted by Crippen LogP contribution is -1.97. The average Bonchev–Trinajstić information content (AvgIpc) is 2.54. The summed E-state index contributed by atoms with van der Waals surface area (Å²) in [4.78, 5) is 0. The second-order valence-electron chi connectivity index (χ2n) is 5.19. The maximum Gasteiger partial charge on any atom is 0.127 e. The van der Waals surface area contributed by atoms with Crippen LogP contribution in [0.25, 0.3) is 0 Å². The topological polar surface area (TPSA) is 61.3 Å². The van der Waals surface area contributed by atoms with E-state index in [0.29, 0.717) is 0 Å². The highest BCUT2D eigenvalue weighted by atomic mass is 16.5. The number of hydrogen-bond acceptors (Lipinski definition) is 3. The molecule has 0 aliphatic carbocycles. The first-order valence-electron chi connectivity index (χ1n) is 7.16. The molecule has 3 aromatic rings. The zero-order chi connectivity index (χ0) is 15.4.